The molecule has 0 bridgehead atoms. The number of fused-ring (bicyclic) bond motifs is 1. The Bertz CT molecular complexity index is 4250. The van der Waals surface area contributed by atoms with Crippen molar-refractivity contribution in [3.8, 4) is 5.75 Å². The molecule has 6 rings (SSSR count). The molecular weight excluding hydrogens is 1490 g/mol. The first-order chi connectivity index (χ1) is 53.1. The highest BCUT2D eigenvalue weighted by Crippen LogP contribution is 2.24. The van der Waals surface area contributed by atoms with Crippen LogP contribution in [0.2, 0.25) is 0 Å². The molecule has 11 atom stereocenters. The molecule has 35 nitrogen and oxygen atoms in total. The number of aliphatic hydroxyl groups is 2. The van der Waals surface area contributed by atoms with Crippen LogP contribution in [0.15, 0.2) is 110 Å². The van der Waals surface area contributed by atoms with E-state index in [-0.39, 0.29) is 68.4 Å². The summed E-state index contributed by atoms with van der Waals surface area (Å²) in [5.41, 5.74) is 20.4. The van der Waals surface area contributed by atoms with Crippen LogP contribution in [0.4, 0.5) is 0 Å². The molecule has 0 unspecified atom stereocenters. The number of aromatic hydroxyl groups is 1. The molecule has 6 aromatic rings. The second kappa shape index (κ2) is 43.8. The molecule has 0 aliphatic rings. The van der Waals surface area contributed by atoms with E-state index in [9.17, 15) is 87.5 Å². The number of amides is 13. The highest BCUT2D eigenvalue weighted by atomic mass is 32.2. The van der Waals surface area contributed by atoms with Gasteiger partial charge in [-0.2, -0.15) is 23.5 Å². The summed E-state index contributed by atoms with van der Waals surface area (Å²) in [5, 5.41) is 66.8. The fraction of sp³-hybridized carbons (Fsp3) is 0.440. The number of aliphatic carboxylic acids is 1. The first-order valence-electron chi connectivity index (χ1n) is 36.0. The number of aromatic nitrogens is 4. The average Bonchev–Trinajstić information content (AvgIpc) is 1.69. The SMILES string of the molecule is CCC[C@H](NC(=O)[C@H](Cc1ccc(O)cc1)NC(=O)[C@H](CCC(=O)O)NC(=O)CNC(=O)[C@H](Cc1c[nH]c2ncccc12)NC(=O)C[C@@H](C)O)C(=O)N[C@H](C(=O)N[C@@H](CSCc1cccc(CSCCC(=O)N[C@H](C(=O)N[C@@H](Cc2ccc(C(N)=O)cc2)C(=O)N[C@@H](Cc2cnc[nH]2)C(N)=O)C(C)(C)C)c1)C(N)=O)[C@@H](C)O. The number of hydrogen-bond acceptors (Lipinski definition) is 21. The van der Waals surface area contributed by atoms with Gasteiger partial charge in [0.05, 0.1) is 31.5 Å². The van der Waals surface area contributed by atoms with E-state index in [1.54, 1.807) is 64.4 Å². The standard InChI is InChI=1S/C75H99N17O18S2/c1-7-10-51(86-71(107)54(30-43-16-20-49(95)21-17-43)88-69(105)52(22-23-61(99)100)84-60(98)35-82-68(104)56(85-59(97)27-40(2)93)31-47-33-81-67-50(47)13-9-25-80-67)70(106)92-62(41(3)94)73(109)90-57(66(78)103)38-112-37-45-12-8-11-44(28-45)36-111-26-24-58(96)91-63(75(4,5)6)74(110)89-55(29-42-14-18-46(19-15-42)64(76)101)72(108)87-53(65(77)102)32-48-34-79-39-83-48/h8-9,11-21,25,28,33-34,39-41,51-57,62-63,93-95H,7,10,22-24,26-27,29-32,35-38H2,1-6H3,(H2,76,101)(H2,77,102)(H2,78,103)(H,79,83)(H,80,81)(H,82,104)(H,84,98)(H,85,97)(H,86,107)(H,87,108)(H,88,105)(H,89,110)(H,90,109)(H,91,96)(H,92,106)(H,99,100)/t40-,41-,51+,52+,53+,54+,55+,56+,57+,62+,63-/m1/s1. The highest BCUT2D eigenvalue weighted by molar-refractivity contribution is 7.98. The Balaban J connectivity index is 1.03. The summed E-state index contributed by atoms with van der Waals surface area (Å²) in [7, 11) is 0. The number of thioether (sulfide) groups is 2. The Morgan fingerprint density at radius 3 is 1.70 bits per heavy atom. The van der Waals surface area contributed by atoms with Crippen LogP contribution in [0.5, 0.6) is 5.75 Å². The molecule has 3 aromatic carbocycles. The molecule has 0 spiro atoms. The maximum Gasteiger partial charge on any atom is 0.303 e. The van der Waals surface area contributed by atoms with Crippen molar-refractivity contribution < 1.29 is 87.5 Å². The molecule has 0 saturated carbocycles. The predicted molar refractivity (Wildman–Crippen MR) is 414 cm³/mol. The number of phenols is 1. The lowest BCUT2D eigenvalue weighted by Crippen LogP contribution is -2.61. The van der Waals surface area contributed by atoms with E-state index in [0.29, 0.717) is 50.7 Å². The van der Waals surface area contributed by atoms with Gasteiger partial charge in [-0.15, -0.1) is 0 Å². The van der Waals surface area contributed by atoms with E-state index in [1.165, 1.54) is 86.3 Å². The van der Waals surface area contributed by atoms with Crippen LogP contribution in [-0.2, 0) is 99.5 Å². The monoisotopic (exact) mass is 1590 g/mol. The van der Waals surface area contributed by atoms with Gasteiger partial charge in [-0.05, 0) is 96.3 Å². The topological polar surface area (TPSA) is 576 Å². The van der Waals surface area contributed by atoms with Gasteiger partial charge in [0.1, 0.15) is 65.8 Å². The maximum absolute atomic E-state index is 14.4. The third-order valence-electron chi connectivity index (χ3n) is 17.4. The molecule has 0 fully saturated rings. The number of nitrogens with two attached hydrogens (primary N) is 3. The van der Waals surface area contributed by atoms with Crippen molar-refractivity contribution in [2.24, 2.45) is 22.6 Å². The number of aliphatic hydroxyl groups excluding tert-OH is 2. The summed E-state index contributed by atoms with van der Waals surface area (Å²) < 4.78 is 0. The van der Waals surface area contributed by atoms with Crippen molar-refractivity contribution in [3.63, 3.8) is 0 Å². The van der Waals surface area contributed by atoms with E-state index in [4.69, 9.17) is 17.2 Å². The number of carboxylic acid groups (broad SMARTS) is 1. The number of carboxylic acids is 1. The van der Waals surface area contributed by atoms with Crippen LogP contribution in [-0.4, -0.2) is 208 Å². The van der Waals surface area contributed by atoms with Crippen molar-refractivity contribution in [2.45, 2.75) is 184 Å². The number of nitrogens with zero attached hydrogens (tertiary/aromatic N) is 2. The van der Waals surface area contributed by atoms with Gasteiger partial charge < -0.3 is 101 Å². The minimum absolute atomic E-state index is 0.00128. The number of imidazole rings is 1. The minimum Gasteiger partial charge on any atom is -0.508 e. The van der Waals surface area contributed by atoms with Gasteiger partial charge in [0.25, 0.3) is 0 Å². The summed E-state index contributed by atoms with van der Waals surface area (Å²) in [5.74, 6) is -11.3. The van der Waals surface area contributed by atoms with Crippen molar-refractivity contribution in [1.29, 1.82) is 0 Å². The summed E-state index contributed by atoms with van der Waals surface area (Å²) in [6.07, 6.45) is 1.52. The van der Waals surface area contributed by atoms with Gasteiger partial charge >= 0.3 is 5.97 Å². The Hall–Kier alpha value is -11.4. The zero-order chi connectivity index (χ0) is 82.4. The average molecular weight is 1590 g/mol. The van der Waals surface area contributed by atoms with Crippen LogP contribution in [0, 0.1) is 5.41 Å². The first-order valence-corrected chi connectivity index (χ1v) is 38.3. The van der Waals surface area contributed by atoms with Crippen molar-refractivity contribution in [2.75, 3.05) is 18.1 Å². The highest BCUT2D eigenvalue weighted by Gasteiger charge is 2.38. The Labute approximate surface area is 654 Å². The first kappa shape index (κ1) is 89.5. The van der Waals surface area contributed by atoms with Crippen LogP contribution >= 0.6 is 23.5 Å². The van der Waals surface area contributed by atoms with E-state index < -0.39 is 174 Å². The van der Waals surface area contributed by atoms with Crippen LogP contribution in [0.3, 0.4) is 0 Å². The van der Waals surface area contributed by atoms with E-state index >= 15 is 0 Å². The van der Waals surface area contributed by atoms with Gasteiger partial charge in [0.15, 0.2) is 0 Å². The largest absolute Gasteiger partial charge is 0.508 e. The Morgan fingerprint density at radius 1 is 0.554 bits per heavy atom. The van der Waals surface area contributed by atoms with Crippen molar-refractivity contribution in [3.05, 3.63) is 149 Å². The Morgan fingerprint density at radius 2 is 1.12 bits per heavy atom. The number of carbonyl (C=O) groups excluding carboxylic acids is 13. The number of primary amides is 3. The lowest BCUT2D eigenvalue weighted by molar-refractivity contribution is -0.138. The normalized spacial score (nSPS) is 14.2. The lowest BCUT2D eigenvalue weighted by Gasteiger charge is -2.32. The molecule has 112 heavy (non-hydrogen) atoms. The van der Waals surface area contributed by atoms with Gasteiger partial charge in [0.2, 0.25) is 76.8 Å². The number of carbonyl (C=O) groups is 14. The number of pyridine rings is 1. The zero-order valence-corrected chi connectivity index (χ0v) is 64.4. The van der Waals surface area contributed by atoms with E-state index in [2.05, 4.69) is 73.1 Å². The third-order valence-corrected chi connectivity index (χ3v) is 19.6. The second-order valence-corrected chi connectivity index (χ2v) is 30.0. The predicted octanol–water partition coefficient (Wildman–Crippen LogP) is -0.770. The number of hydrogen-bond donors (Lipinski definition) is 19. The molecular formula is C75H99N17O18S2. The number of H-pyrrole nitrogens is 2. The third kappa shape index (κ3) is 29.8. The molecule has 3 heterocycles. The number of nitrogens with one attached hydrogen (secondary N) is 12. The molecule has 22 N–H and O–H groups in total. The quantitative estimate of drug-likeness (QED) is 0.0209. The van der Waals surface area contributed by atoms with Gasteiger partial charge in [-0.1, -0.05) is 82.6 Å². The van der Waals surface area contributed by atoms with Crippen molar-refractivity contribution in [1.82, 2.24) is 73.1 Å². The molecule has 0 radical (unpaired) electrons. The van der Waals surface area contributed by atoms with Gasteiger partial charge in [0, 0.05) is 96.8 Å². The number of rotatable bonds is 46. The van der Waals surface area contributed by atoms with Gasteiger partial charge in [-0.25, -0.2) is 9.97 Å². The molecule has 37 heteroatoms. The fourth-order valence-corrected chi connectivity index (χ4v) is 13.4. The van der Waals surface area contributed by atoms with E-state index in [0.717, 1.165) is 11.1 Å². The second-order valence-electron chi connectivity index (χ2n) is 27.9. The zero-order valence-electron chi connectivity index (χ0n) is 62.8. The lowest BCUT2D eigenvalue weighted by atomic mass is 9.85. The Kier molecular flexibility index (Phi) is 35.0. The summed E-state index contributed by atoms with van der Waals surface area (Å²) >= 11 is 2.67. The van der Waals surface area contributed by atoms with Crippen LogP contribution in [0.25, 0.3) is 11.0 Å². The van der Waals surface area contributed by atoms with E-state index in [1.807, 2.05) is 24.3 Å². The van der Waals surface area contributed by atoms with Crippen molar-refractivity contribution >= 4 is 117 Å². The molecule has 13 amide bonds. The van der Waals surface area contributed by atoms with Crippen LogP contribution < -0.4 is 70.4 Å². The molecule has 3 aromatic heterocycles. The smallest absolute Gasteiger partial charge is 0.303 e. The molecule has 0 aliphatic heterocycles. The maximum atomic E-state index is 14.4. The van der Waals surface area contributed by atoms with Gasteiger partial charge in [-0.3, -0.25) is 67.1 Å². The summed E-state index contributed by atoms with van der Waals surface area (Å²) in [4.78, 5) is 202. The summed E-state index contributed by atoms with van der Waals surface area (Å²) in [6.45, 7) is 8.69. The fourth-order valence-electron chi connectivity index (χ4n) is 11.5. The molecule has 0 aliphatic carbocycles. The number of benzene rings is 3. The number of phenolic OH excluding ortho intramolecular Hbond substituents is 1. The molecule has 0 saturated heterocycles. The summed E-state index contributed by atoms with van der Waals surface area (Å²) in [6, 6.07) is 9.80. The number of aromatic amines is 2. The minimum atomic E-state index is -1.72. The van der Waals surface area contributed by atoms with Crippen LogP contribution in [0.1, 0.15) is 124 Å². The molecule has 604 valence electrons.